The van der Waals surface area contributed by atoms with Crippen molar-refractivity contribution in [3.8, 4) is 0 Å². The molecule has 0 spiro atoms. The molecule has 1 N–H and O–H groups in total. The number of rotatable bonds is 3. The third-order valence-electron chi connectivity index (χ3n) is 3.75. The summed E-state index contributed by atoms with van der Waals surface area (Å²) in [6, 6.07) is 0.164. The van der Waals surface area contributed by atoms with Gasteiger partial charge in [-0.1, -0.05) is 13.8 Å². The molecule has 1 aliphatic heterocycles. The van der Waals surface area contributed by atoms with E-state index in [0.717, 1.165) is 0 Å². The average Bonchev–Trinajstić information content (AvgIpc) is 2.20. The number of hydrogen-bond acceptors (Lipinski definition) is 3. The zero-order chi connectivity index (χ0) is 14.3. The van der Waals surface area contributed by atoms with Crippen LogP contribution in [0.15, 0.2) is 0 Å². The van der Waals surface area contributed by atoms with Crippen LogP contribution in [0.1, 0.15) is 54.9 Å². The highest BCUT2D eigenvalue weighted by Crippen LogP contribution is 2.36. The van der Waals surface area contributed by atoms with Crippen molar-refractivity contribution in [3.05, 3.63) is 0 Å². The predicted octanol–water partition coefficient (Wildman–Crippen LogP) is 2.51. The normalized spacial score (nSPS) is 29.4. The fraction of sp³-hybridized carbons (Fsp3) is 0.929. The molecule has 1 rings (SSSR count). The van der Waals surface area contributed by atoms with Crippen molar-refractivity contribution in [2.45, 2.75) is 72.0 Å². The second-order valence-corrected chi connectivity index (χ2v) is 7.02. The van der Waals surface area contributed by atoms with E-state index in [1.54, 1.807) is 0 Å². The number of carbonyl (C=O) groups excluding carboxylic acids is 1. The van der Waals surface area contributed by atoms with Crippen molar-refractivity contribution in [2.24, 2.45) is 5.92 Å². The minimum atomic E-state index is -0.819. The van der Waals surface area contributed by atoms with Crippen molar-refractivity contribution in [2.75, 3.05) is 6.54 Å². The Hall–Kier alpha value is -0.610. The van der Waals surface area contributed by atoms with Gasteiger partial charge in [0.05, 0.1) is 5.54 Å². The lowest BCUT2D eigenvalue weighted by Gasteiger charge is -2.54. The molecule has 106 valence electrons. The summed E-state index contributed by atoms with van der Waals surface area (Å²) in [6.45, 7) is 14.6. The first-order valence-corrected chi connectivity index (χ1v) is 6.82. The lowest BCUT2D eigenvalue weighted by Crippen LogP contribution is -2.72. The Kier molecular flexibility index (Phi) is 4.13. The van der Waals surface area contributed by atoms with Gasteiger partial charge in [-0.05, 0) is 47.0 Å². The summed E-state index contributed by atoms with van der Waals surface area (Å²) in [6.07, 6.45) is 0.662. The molecule has 4 nitrogen and oxygen atoms in total. The largest absolute Gasteiger partial charge is 0.337 e. The summed E-state index contributed by atoms with van der Waals surface area (Å²) < 4.78 is 0. The molecule has 0 aromatic carbocycles. The lowest BCUT2D eigenvalue weighted by atomic mass is 9.82. The number of nitrogens with zero attached hydrogens (tertiary/aromatic N) is 2. The Morgan fingerprint density at radius 3 is 2.11 bits per heavy atom. The molecule has 1 fully saturated rings. The van der Waals surface area contributed by atoms with Crippen LogP contribution < -0.4 is 0 Å². The molecule has 18 heavy (non-hydrogen) atoms. The van der Waals surface area contributed by atoms with Crippen LogP contribution in [0.3, 0.4) is 0 Å². The van der Waals surface area contributed by atoms with Gasteiger partial charge in [-0.3, -0.25) is 4.79 Å². The summed E-state index contributed by atoms with van der Waals surface area (Å²) in [7, 11) is 0. The molecule has 0 aliphatic carbocycles. The maximum Gasteiger partial charge on any atom is 0.245 e. The van der Waals surface area contributed by atoms with Crippen LogP contribution in [-0.4, -0.2) is 44.7 Å². The zero-order valence-corrected chi connectivity index (χ0v) is 12.8. The van der Waals surface area contributed by atoms with Crippen LogP contribution in [0.5, 0.6) is 0 Å². The Morgan fingerprint density at radius 1 is 1.22 bits per heavy atom. The van der Waals surface area contributed by atoms with E-state index in [1.807, 2.05) is 39.5 Å². The maximum absolute atomic E-state index is 12.6. The van der Waals surface area contributed by atoms with Gasteiger partial charge in [-0.15, -0.1) is 0 Å². The summed E-state index contributed by atoms with van der Waals surface area (Å²) >= 11 is 0. The molecule has 1 heterocycles. The van der Waals surface area contributed by atoms with Gasteiger partial charge >= 0.3 is 0 Å². The predicted molar refractivity (Wildman–Crippen MR) is 72.4 cm³/mol. The number of hydroxylamine groups is 2. The second kappa shape index (κ2) is 4.82. The van der Waals surface area contributed by atoms with Crippen LogP contribution >= 0.6 is 0 Å². The SMILES string of the molecule is CC(C)CC1(C)C(=O)N(C(C)C)CC(C)(C)N1O. The second-order valence-electron chi connectivity index (χ2n) is 7.02. The van der Waals surface area contributed by atoms with Gasteiger partial charge in [-0.25, -0.2) is 0 Å². The Labute approximate surface area is 111 Å². The van der Waals surface area contributed by atoms with E-state index < -0.39 is 11.1 Å². The number of hydrogen-bond donors (Lipinski definition) is 1. The van der Waals surface area contributed by atoms with E-state index in [-0.39, 0.29) is 11.9 Å². The Morgan fingerprint density at radius 2 is 1.72 bits per heavy atom. The highest BCUT2D eigenvalue weighted by Gasteiger charge is 2.53. The zero-order valence-electron chi connectivity index (χ0n) is 12.8. The molecule has 1 aliphatic rings. The van der Waals surface area contributed by atoms with Gasteiger partial charge in [0, 0.05) is 12.6 Å². The first kappa shape index (κ1) is 15.4. The standard InChI is InChI=1S/C14H28N2O2/c1-10(2)8-14(7)12(17)15(11(3)4)9-13(5,6)16(14)18/h10-11,18H,8-9H2,1-7H3. The van der Waals surface area contributed by atoms with E-state index >= 15 is 0 Å². The lowest BCUT2D eigenvalue weighted by molar-refractivity contribution is -0.256. The van der Waals surface area contributed by atoms with E-state index in [1.165, 1.54) is 5.06 Å². The van der Waals surface area contributed by atoms with Crippen molar-refractivity contribution in [3.63, 3.8) is 0 Å². The van der Waals surface area contributed by atoms with E-state index in [4.69, 9.17) is 0 Å². The van der Waals surface area contributed by atoms with Crippen molar-refractivity contribution in [1.29, 1.82) is 0 Å². The third kappa shape index (κ3) is 2.54. The smallest absolute Gasteiger partial charge is 0.245 e. The first-order valence-electron chi connectivity index (χ1n) is 6.82. The fourth-order valence-electron chi connectivity index (χ4n) is 3.01. The van der Waals surface area contributed by atoms with Gasteiger partial charge in [0.2, 0.25) is 5.91 Å². The van der Waals surface area contributed by atoms with Crippen molar-refractivity contribution in [1.82, 2.24) is 9.96 Å². The highest BCUT2D eigenvalue weighted by atomic mass is 16.5. The molecule has 0 aromatic rings. The topological polar surface area (TPSA) is 43.8 Å². The number of amides is 1. The number of carbonyl (C=O) groups is 1. The summed E-state index contributed by atoms with van der Waals surface area (Å²) in [5.74, 6) is 0.393. The van der Waals surface area contributed by atoms with Crippen LogP contribution in [-0.2, 0) is 4.79 Å². The molecule has 1 saturated heterocycles. The average molecular weight is 256 g/mol. The molecule has 0 bridgehead atoms. The molecule has 1 atom stereocenters. The molecule has 1 amide bonds. The van der Waals surface area contributed by atoms with Gasteiger partial charge < -0.3 is 10.1 Å². The minimum Gasteiger partial charge on any atom is -0.337 e. The number of piperazine rings is 1. The van der Waals surface area contributed by atoms with E-state index in [2.05, 4.69) is 13.8 Å². The summed E-state index contributed by atoms with van der Waals surface area (Å²) in [5.41, 5.74) is -1.23. The monoisotopic (exact) mass is 256 g/mol. The first-order chi connectivity index (χ1) is 8.02. The van der Waals surface area contributed by atoms with Gasteiger partial charge in [0.15, 0.2) is 0 Å². The highest BCUT2D eigenvalue weighted by molar-refractivity contribution is 5.87. The minimum absolute atomic E-state index is 0.0352. The fourth-order valence-corrected chi connectivity index (χ4v) is 3.01. The van der Waals surface area contributed by atoms with Crippen LogP contribution in [0.2, 0.25) is 0 Å². The molecule has 0 saturated carbocycles. The summed E-state index contributed by atoms with van der Waals surface area (Å²) in [5, 5.41) is 11.7. The van der Waals surface area contributed by atoms with Gasteiger partial charge in [0.25, 0.3) is 0 Å². The Bertz CT molecular complexity index is 326. The van der Waals surface area contributed by atoms with Crippen LogP contribution in [0.25, 0.3) is 0 Å². The van der Waals surface area contributed by atoms with E-state index in [0.29, 0.717) is 18.9 Å². The van der Waals surface area contributed by atoms with Gasteiger partial charge in [-0.2, -0.15) is 5.06 Å². The third-order valence-corrected chi connectivity index (χ3v) is 3.75. The Balaban J connectivity index is 3.15. The maximum atomic E-state index is 12.6. The van der Waals surface area contributed by atoms with Crippen molar-refractivity contribution < 1.29 is 10.0 Å². The molecular weight excluding hydrogens is 228 g/mol. The molecule has 4 heteroatoms. The molecule has 1 unspecified atom stereocenters. The quantitative estimate of drug-likeness (QED) is 0.844. The van der Waals surface area contributed by atoms with E-state index in [9.17, 15) is 10.0 Å². The summed E-state index contributed by atoms with van der Waals surface area (Å²) in [4.78, 5) is 14.5. The molecule has 0 aromatic heterocycles. The molecular formula is C14H28N2O2. The van der Waals surface area contributed by atoms with Crippen molar-refractivity contribution >= 4 is 5.91 Å². The molecule has 0 radical (unpaired) electrons. The van der Waals surface area contributed by atoms with Gasteiger partial charge in [0.1, 0.15) is 5.54 Å². The van der Waals surface area contributed by atoms with Crippen LogP contribution in [0, 0.1) is 5.92 Å². The van der Waals surface area contributed by atoms with Crippen LogP contribution in [0.4, 0.5) is 0 Å².